The number of para-hydroxylation sites is 2. The number of anilines is 2. The van der Waals surface area contributed by atoms with Crippen LogP contribution in [0.2, 0.25) is 5.02 Å². The Morgan fingerprint density at radius 3 is 1.84 bits per heavy atom. The van der Waals surface area contributed by atoms with E-state index in [-0.39, 0.29) is 23.0 Å². The molecule has 4 aromatic rings. The summed E-state index contributed by atoms with van der Waals surface area (Å²) in [7, 11) is 0. The van der Waals surface area contributed by atoms with Crippen LogP contribution >= 0.6 is 11.6 Å². The number of rotatable bonds is 6. The van der Waals surface area contributed by atoms with Crippen molar-refractivity contribution in [2.45, 2.75) is 6.61 Å². The molecule has 4 aromatic carbocycles. The number of urea groups is 1. The Kier molecular flexibility index (Phi) is 7.02. The molecule has 0 radical (unpaired) electrons. The third kappa shape index (κ3) is 4.92. The SMILES string of the molecule is O=C1C(=Cc2ccc(OCc3ccccc3F)c(Cl)c2)C(=O)N(c2ccccc2)C(=O)N1c1ccccc1. The van der Waals surface area contributed by atoms with Crippen molar-refractivity contribution in [2.75, 3.05) is 9.80 Å². The molecule has 0 aromatic heterocycles. The monoisotopic (exact) mass is 526 g/mol. The Hall–Kier alpha value is -4.75. The van der Waals surface area contributed by atoms with Crippen LogP contribution < -0.4 is 14.5 Å². The quantitative estimate of drug-likeness (QED) is 0.209. The maximum atomic E-state index is 13.9. The summed E-state index contributed by atoms with van der Waals surface area (Å²) in [6.45, 7) is -0.0238. The van der Waals surface area contributed by atoms with Gasteiger partial charge in [-0.05, 0) is 54.1 Å². The van der Waals surface area contributed by atoms with Crippen LogP contribution in [0.25, 0.3) is 6.08 Å². The number of imide groups is 2. The first-order valence-electron chi connectivity index (χ1n) is 11.6. The molecular weight excluding hydrogens is 507 g/mol. The lowest BCUT2D eigenvalue weighted by atomic mass is 10.0. The molecule has 1 aliphatic heterocycles. The van der Waals surface area contributed by atoms with Crippen molar-refractivity contribution in [3.05, 3.63) is 131 Å². The van der Waals surface area contributed by atoms with Crippen LogP contribution in [0, 0.1) is 5.82 Å². The molecule has 8 heteroatoms. The van der Waals surface area contributed by atoms with Crippen molar-refractivity contribution in [3.63, 3.8) is 0 Å². The van der Waals surface area contributed by atoms with Gasteiger partial charge in [-0.3, -0.25) is 9.59 Å². The van der Waals surface area contributed by atoms with E-state index in [0.717, 1.165) is 9.80 Å². The Balaban J connectivity index is 1.49. The van der Waals surface area contributed by atoms with E-state index in [1.54, 1.807) is 91.0 Å². The van der Waals surface area contributed by atoms with Gasteiger partial charge in [0.2, 0.25) is 0 Å². The van der Waals surface area contributed by atoms with Gasteiger partial charge < -0.3 is 4.74 Å². The number of amides is 4. The summed E-state index contributed by atoms with van der Waals surface area (Å²) in [6, 6.07) is 27.0. The molecule has 1 aliphatic rings. The van der Waals surface area contributed by atoms with Crippen molar-refractivity contribution < 1.29 is 23.5 Å². The van der Waals surface area contributed by atoms with Crippen LogP contribution in [0.1, 0.15) is 11.1 Å². The van der Waals surface area contributed by atoms with Crippen molar-refractivity contribution >= 4 is 46.9 Å². The smallest absolute Gasteiger partial charge is 0.343 e. The Morgan fingerprint density at radius 1 is 0.737 bits per heavy atom. The van der Waals surface area contributed by atoms with Crippen LogP contribution in [-0.2, 0) is 16.2 Å². The first-order valence-corrected chi connectivity index (χ1v) is 12.0. The van der Waals surface area contributed by atoms with Gasteiger partial charge in [-0.25, -0.2) is 19.0 Å². The molecule has 38 heavy (non-hydrogen) atoms. The molecule has 1 fully saturated rings. The van der Waals surface area contributed by atoms with Gasteiger partial charge in [0.1, 0.15) is 23.7 Å². The number of ether oxygens (including phenoxy) is 1. The molecule has 0 atom stereocenters. The predicted octanol–water partition coefficient (Wildman–Crippen LogP) is 6.64. The molecular formula is C30H20ClFN2O4. The van der Waals surface area contributed by atoms with Crippen LogP contribution in [0.4, 0.5) is 20.6 Å². The molecule has 188 valence electrons. The lowest BCUT2D eigenvalue weighted by molar-refractivity contribution is -0.121. The van der Waals surface area contributed by atoms with Crippen LogP contribution in [-0.4, -0.2) is 17.8 Å². The van der Waals surface area contributed by atoms with E-state index in [9.17, 15) is 18.8 Å². The average Bonchev–Trinajstić information content (AvgIpc) is 2.93. The Morgan fingerprint density at radius 2 is 1.29 bits per heavy atom. The van der Waals surface area contributed by atoms with Gasteiger partial charge in [-0.15, -0.1) is 0 Å². The molecule has 6 nitrogen and oxygen atoms in total. The minimum Gasteiger partial charge on any atom is -0.487 e. The standard InChI is InChI=1S/C30H20ClFN2O4/c31-25-18-20(15-16-27(25)38-19-21-9-7-8-14-26(21)32)17-24-28(35)33(22-10-3-1-4-11-22)30(37)34(29(24)36)23-12-5-2-6-13-23/h1-18H,19H2. The van der Waals surface area contributed by atoms with E-state index in [0.29, 0.717) is 28.3 Å². The highest BCUT2D eigenvalue weighted by Crippen LogP contribution is 2.31. The van der Waals surface area contributed by atoms with E-state index >= 15 is 0 Å². The number of carbonyl (C=O) groups is 3. The molecule has 0 saturated carbocycles. The highest BCUT2D eigenvalue weighted by molar-refractivity contribution is 6.46. The zero-order chi connectivity index (χ0) is 26.6. The fourth-order valence-corrected chi connectivity index (χ4v) is 4.24. The normalized spacial score (nSPS) is 13.6. The summed E-state index contributed by atoms with van der Waals surface area (Å²) >= 11 is 6.41. The summed E-state index contributed by atoms with van der Waals surface area (Å²) in [5.74, 6) is -1.59. The molecule has 0 spiro atoms. The van der Waals surface area contributed by atoms with Crippen molar-refractivity contribution in [1.82, 2.24) is 0 Å². The summed E-state index contributed by atoms with van der Waals surface area (Å²) in [5.41, 5.74) is 1.27. The highest BCUT2D eigenvalue weighted by Gasteiger charge is 2.43. The third-order valence-corrected chi connectivity index (χ3v) is 6.18. The zero-order valence-corrected chi connectivity index (χ0v) is 20.6. The molecule has 0 bridgehead atoms. The Bertz CT molecular complexity index is 1490. The van der Waals surface area contributed by atoms with Gasteiger partial charge in [0, 0.05) is 5.56 Å². The van der Waals surface area contributed by atoms with Gasteiger partial charge in [0.15, 0.2) is 0 Å². The van der Waals surface area contributed by atoms with Gasteiger partial charge in [0.05, 0.1) is 16.4 Å². The number of nitrogens with zero attached hydrogens (tertiary/aromatic N) is 2. The molecule has 4 amide bonds. The lowest BCUT2D eigenvalue weighted by Crippen LogP contribution is -2.57. The molecule has 5 rings (SSSR count). The van der Waals surface area contributed by atoms with E-state index < -0.39 is 17.8 Å². The third-order valence-electron chi connectivity index (χ3n) is 5.89. The highest BCUT2D eigenvalue weighted by atomic mass is 35.5. The van der Waals surface area contributed by atoms with Crippen LogP contribution in [0.15, 0.2) is 109 Å². The minimum atomic E-state index is -0.774. The van der Waals surface area contributed by atoms with Crippen molar-refractivity contribution in [3.8, 4) is 5.75 Å². The fraction of sp³-hybridized carbons (Fsp3) is 0.0333. The molecule has 1 saturated heterocycles. The zero-order valence-electron chi connectivity index (χ0n) is 19.9. The predicted molar refractivity (Wildman–Crippen MR) is 143 cm³/mol. The largest absolute Gasteiger partial charge is 0.487 e. The topological polar surface area (TPSA) is 66.9 Å². The molecule has 0 aliphatic carbocycles. The van der Waals surface area contributed by atoms with Gasteiger partial charge >= 0.3 is 6.03 Å². The molecule has 0 N–H and O–H groups in total. The number of barbiturate groups is 1. The average molecular weight is 527 g/mol. The minimum absolute atomic E-state index is 0.0238. The number of hydrogen-bond acceptors (Lipinski definition) is 4. The maximum absolute atomic E-state index is 13.9. The second-order valence-electron chi connectivity index (χ2n) is 8.36. The number of benzene rings is 4. The van der Waals surface area contributed by atoms with E-state index in [1.165, 1.54) is 18.2 Å². The maximum Gasteiger partial charge on any atom is 0.343 e. The van der Waals surface area contributed by atoms with Gasteiger partial charge in [-0.1, -0.05) is 72.3 Å². The van der Waals surface area contributed by atoms with Gasteiger partial charge in [0.25, 0.3) is 11.8 Å². The van der Waals surface area contributed by atoms with E-state index in [2.05, 4.69) is 0 Å². The van der Waals surface area contributed by atoms with E-state index in [1.807, 2.05) is 0 Å². The number of halogens is 2. The fourth-order valence-electron chi connectivity index (χ4n) is 4.00. The number of carbonyl (C=O) groups excluding carboxylic acids is 3. The van der Waals surface area contributed by atoms with Crippen molar-refractivity contribution in [1.29, 1.82) is 0 Å². The molecule has 0 unspecified atom stereocenters. The summed E-state index contributed by atoms with van der Waals surface area (Å²) in [5, 5.41) is 0.210. The van der Waals surface area contributed by atoms with Crippen LogP contribution in [0.5, 0.6) is 5.75 Å². The number of hydrogen-bond donors (Lipinski definition) is 0. The first-order chi connectivity index (χ1) is 18.4. The van der Waals surface area contributed by atoms with E-state index in [4.69, 9.17) is 16.3 Å². The second-order valence-corrected chi connectivity index (χ2v) is 8.77. The molecule has 1 heterocycles. The second kappa shape index (κ2) is 10.7. The van der Waals surface area contributed by atoms with Crippen LogP contribution in [0.3, 0.4) is 0 Å². The van der Waals surface area contributed by atoms with Gasteiger partial charge in [-0.2, -0.15) is 0 Å². The summed E-state index contributed by atoms with van der Waals surface area (Å²) in [6.07, 6.45) is 1.38. The first kappa shape index (κ1) is 24.9. The lowest BCUT2D eigenvalue weighted by Gasteiger charge is -2.33. The summed E-state index contributed by atoms with van der Waals surface area (Å²) < 4.78 is 19.6. The van der Waals surface area contributed by atoms with Crippen molar-refractivity contribution in [2.24, 2.45) is 0 Å². The summed E-state index contributed by atoms with van der Waals surface area (Å²) in [4.78, 5) is 42.2. The Labute approximate surface area is 223 Å².